The summed E-state index contributed by atoms with van der Waals surface area (Å²) in [5.41, 5.74) is 3.10. The van der Waals surface area contributed by atoms with E-state index in [0.29, 0.717) is 30.8 Å². The van der Waals surface area contributed by atoms with Crippen LogP contribution in [0.25, 0.3) is 0 Å². The first-order valence-electron chi connectivity index (χ1n) is 8.23. The van der Waals surface area contributed by atoms with E-state index in [-0.39, 0.29) is 24.0 Å². The average molecular weight is 328 g/mol. The van der Waals surface area contributed by atoms with Crippen LogP contribution in [0.2, 0.25) is 0 Å². The fraction of sp³-hybridized carbons (Fsp3) is 0.471. The number of fused-ring (bicyclic) bond motifs is 1. The number of hydrogen-bond acceptors (Lipinski definition) is 5. The summed E-state index contributed by atoms with van der Waals surface area (Å²) in [6.45, 7) is 2.45. The number of aliphatic hydroxyl groups excluding tert-OH is 1. The van der Waals surface area contributed by atoms with Gasteiger partial charge in [-0.3, -0.25) is 4.79 Å². The van der Waals surface area contributed by atoms with Crippen molar-refractivity contribution in [1.82, 2.24) is 20.7 Å². The van der Waals surface area contributed by atoms with Gasteiger partial charge < -0.3 is 15.2 Å². The first-order chi connectivity index (χ1) is 11.6. The van der Waals surface area contributed by atoms with E-state index in [1.807, 2.05) is 12.1 Å². The molecule has 2 aromatic rings. The zero-order valence-electron chi connectivity index (χ0n) is 13.5. The second-order valence-electron chi connectivity index (χ2n) is 6.56. The summed E-state index contributed by atoms with van der Waals surface area (Å²) in [7, 11) is 0. The first kappa shape index (κ1) is 15.1. The van der Waals surface area contributed by atoms with E-state index in [1.54, 1.807) is 6.92 Å². The van der Waals surface area contributed by atoms with Crippen LogP contribution in [0.5, 0.6) is 5.75 Å². The zero-order chi connectivity index (χ0) is 16.7. The highest BCUT2D eigenvalue weighted by atomic mass is 16.5. The van der Waals surface area contributed by atoms with Gasteiger partial charge >= 0.3 is 0 Å². The topological polar surface area (TPSA) is 100 Å². The molecule has 1 atom stereocenters. The van der Waals surface area contributed by atoms with Gasteiger partial charge in [-0.15, -0.1) is 0 Å². The number of carbonyl (C=O) groups is 1. The van der Waals surface area contributed by atoms with Gasteiger partial charge in [0.2, 0.25) is 0 Å². The third kappa shape index (κ3) is 2.65. The monoisotopic (exact) mass is 328 g/mol. The number of nitrogens with zero attached hydrogens (tertiary/aromatic N) is 2. The molecule has 0 radical (unpaired) electrons. The van der Waals surface area contributed by atoms with E-state index >= 15 is 0 Å². The Bertz CT molecular complexity index is 767. The van der Waals surface area contributed by atoms with Gasteiger partial charge in [-0.05, 0) is 48.9 Å². The lowest BCUT2D eigenvalue weighted by molar-refractivity contribution is 0.0234. The van der Waals surface area contributed by atoms with Crippen LogP contribution in [-0.4, -0.2) is 39.1 Å². The highest BCUT2D eigenvalue weighted by Crippen LogP contribution is 2.39. The number of H-pyrrole nitrogens is 1. The Labute approximate surface area is 139 Å². The van der Waals surface area contributed by atoms with Crippen LogP contribution in [0.15, 0.2) is 18.2 Å². The van der Waals surface area contributed by atoms with Crippen LogP contribution < -0.4 is 10.1 Å². The van der Waals surface area contributed by atoms with Crippen LogP contribution in [-0.2, 0) is 6.42 Å². The number of hydrogen-bond donors (Lipinski definition) is 3. The van der Waals surface area contributed by atoms with E-state index in [4.69, 9.17) is 4.74 Å². The second kappa shape index (κ2) is 5.90. The Hall–Kier alpha value is -2.41. The normalized spacial score (nSPS) is 23.1. The number of aromatic amines is 1. The van der Waals surface area contributed by atoms with Gasteiger partial charge in [0, 0.05) is 6.42 Å². The van der Waals surface area contributed by atoms with Gasteiger partial charge in [0.1, 0.15) is 5.75 Å². The molecule has 0 bridgehead atoms. The molecule has 7 heteroatoms. The minimum Gasteiger partial charge on any atom is -0.493 e. The van der Waals surface area contributed by atoms with Crippen molar-refractivity contribution in [3.05, 3.63) is 40.7 Å². The number of nitrogens with one attached hydrogen (secondary N) is 2. The Morgan fingerprint density at radius 1 is 1.42 bits per heavy atom. The molecule has 1 saturated carbocycles. The highest BCUT2D eigenvalue weighted by molar-refractivity contribution is 5.93. The molecule has 1 aliphatic carbocycles. The molecule has 126 valence electrons. The largest absolute Gasteiger partial charge is 0.493 e. The lowest BCUT2D eigenvalue weighted by Gasteiger charge is -2.38. The second-order valence-corrected chi connectivity index (χ2v) is 6.56. The van der Waals surface area contributed by atoms with Gasteiger partial charge in [0.15, 0.2) is 5.69 Å². The number of aromatic nitrogens is 3. The number of aryl methyl sites for hydroxylation is 1. The summed E-state index contributed by atoms with van der Waals surface area (Å²) in [4.78, 5) is 12.5. The highest BCUT2D eigenvalue weighted by Gasteiger charge is 2.36. The summed E-state index contributed by atoms with van der Waals surface area (Å²) in [5, 5.41) is 23.0. The molecule has 1 aromatic carbocycles. The maximum atomic E-state index is 12.5. The molecule has 0 saturated heterocycles. The maximum absolute atomic E-state index is 12.5. The van der Waals surface area contributed by atoms with Crippen LogP contribution >= 0.6 is 0 Å². The molecule has 1 aromatic heterocycles. The van der Waals surface area contributed by atoms with Gasteiger partial charge in [-0.2, -0.15) is 15.4 Å². The number of carbonyl (C=O) groups excluding carboxylic acids is 1. The fourth-order valence-electron chi connectivity index (χ4n) is 3.48. The SMILES string of the molecule is Cc1n[nH]nc1C(=O)NC(c1ccc2c(c1)CCO2)C1CC(O)C1. The number of rotatable bonds is 4. The number of benzene rings is 1. The summed E-state index contributed by atoms with van der Waals surface area (Å²) in [5.74, 6) is 0.894. The van der Waals surface area contributed by atoms with E-state index < -0.39 is 0 Å². The molecule has 1 amide bonds. The van der Waals surface area contributed by atoms with Gasteiger partial charge in [-0.1, -0.05) is 6.07 Å². The van der Waals surface area contributed by atoms with Gasteiger partial charge in [-0.25, -0.2) is 0 Å². The molecule has 1 aliphatic heterocycles. The molecule has 0 spiro atoms. The standard InChI is InChI=1S/C17H20N4O3/c1-9-15(20-21-19-9)17(23)18-16(12-7-13(22)8-12)11-2-3-14-10(6-11)4-5-24-14/h2-3,6,12-13,16,22H,4-5,7-8H2,1H3,(H,18,23)(H,19,20,21). The number of ether oxygens (including phenoxy) is 1. The summed E-state index contributed by atoms with van der Waals surface area (Å²) in [6, 6.07) is 5.92. The predicted octanol–water partition coefficient (Wildman–Crippen LogP) is 1.29. The Morgan fingerprint density at radius 3 is 2.96 bits per heavy atom. The van der Waals surface area contributed by atoms with Crippen LogP contribution in [0, 0.1) is 12.8 Å². The van der Waals surface area contributed by atoms with Crippen LogP contribution in [0.1, 0.15) is 46.2 Å². The molecule has 2 heterocycles. The van der Waals surface area contributed by atoms with Crippen LogP contribution in [0.4, 0.5) is 0 Å². The van der Waals surface area contributed by atoms with Crippen molar-refractivity contribution in [3.63, 3.8) is 0 Å². The third-order valence-electron chi connectivity index (χ3n) is 4.92. The third-order valence-corrected chi connectivity index (χ3v) is 4.92. The lowest BCUT2D eigenvalue weighted by Crippen LogP contribution is -2.41. The van der Waals surface area contributed by atoms with Gasteiger partial charge in [0.05, 0.1) is 24.4 Å². The molecule has 3 N–H and O–H groups in total. The van der Waals surface area contributed by atoms with Crippen LogP contribution in [0.3, 0.4) is 0 Å². The summed E-state index contributed by atoms with van der Waals surface area (Å²) >= 11 is 0. The molecular weight excluding hydrogens is 308 g/mol. The Balaban J connectivity index is 1.60. The Morgan fingerprint density at radius 2 is 2.25 bits per heavy atom. The minimum atomic E-state index is -0.277. The minimum absolute atomic E-state index is 0.150. The lowest BCUT2D eigenvalue weighted by atomic mass is 9.74. The van der Waals surface area contributed by atoms with E-state index in [9.17, 15) is 9.90 Å². The van der Waals surface area contributed by atoms with Crippen molar-refractivity contribution in [1.29, 1.82) is 0 Å². The van der Waals surface area contributed by atoms with Crippen molar-refractivity contribution in [2.45, 2.75) is 38.3 Å². The van der Waals surface area contributed by atoms with E-state index in [2.05, 4.69) is 26.8 Å². The van der Waals surface area contributed by atoms with Crippen molar-refractivity contribution in [2.75, 3.05) is 6.61 Å². The quantitative estimate of drug-likeness (QED) is 0.785. The smallest absolute Gasteiger partial charge is 0.274 e. The zero-order valence-corrected chi connectivity index (χ0v) is 13.5. The number of aliphatic hydroxyl groups is 1. The molecule has 24 heavy (non-hydrogen) atoms. The predicted molar refractivity (Wildman–Crippen MR) is 85.7 cm³/mol. The van der Waals surface area contributed by atoms with E-state index in [0.717, 1.165) is 17.7 Å². The first-order valence-corrected chi connectivity index (χ1v) is 8.23. The van der Waals surface area contributed by atoms with Crippen molar-refractivity contribution in [3.8, 4) is 5.75 Å². The molecular formula is C17H20N4O3. The molecule has 7 nitrogen and oxygen atoms in total. The van der Waals surface area contributed by atoms with Gasteiger partial charge in [0.25, 0.3) is 5.91 Å². The summed E-state index contributed by atoms with van der Waals surface area (Å²) < 4.78 is 5.56. The molecule has 2 aliphatic rings. The molecule has 1 unspecified atom stereocenters. The fourth-order valence-corrected chi connectivity index (χ4v) is 3.48. The van der Waals surface area contributed by atoms with Crippen molar-refractivity contribution >= 4 is 5.91 Å². The van der Waals surface area contributed by atoms with Crippen molar-refractivity contribution < 1.29 is 14.6 Å². The number of amides is 1. The summed E-state index contributed by atoms with van der Waals surface area (Å²) in [6.07, 6.45) is 1.99. The molecule has 1 fully saturated rings. The average Bonchev–Trinajstić information content (AvgIpc) is 3.17. The van der Waals surface area contributed by atoms with E-state index in [1.165, 1.54) is 5.56 Å². The Kier molecular flexibility index (Phi) is 3.72. The maximum Gasteiger partial charge on any atom is 0.274 e. The molecule has 4 rings (SSSR count). The van der Waals surface area contributed by atoms with Crippen molar-refractivity contribution in [2.24, 2.45) is 5.92 Å².